The Balaban J connectivity index is 1.51. The molecule has 1 aliphatic heterocycles. The quantitative estimate of drug-likeness (QED) is 0.698. The van der Waals surface area contributed by atoms with Crippen molar-refractivity contribution in [3.63, 3.8) is 0 Å². The summed E-state index contributed by atoms with van der Waals surface area (Å²) in [7, 11) is 0. The van der Waals surface area contributed by atoms with E-state index >= 15 is 0 Å². The van der Waals surface area contributed by atoms with Gasteiger partial charge < -0.3 is 15.5 Å². The first-order chi connectivity index (χ1) is 10.6. The summed E-state index contributed by atoms with van der Waals surface area (Å²) < 4.78 is 1.44. The van der Waals surface area contributed by atoms with Gasteiger partial charge in [0.25, 0.3) is 0 Å². The van der Waals surface area contributed by atoms with E-state index in [0.717, 1.165) is 68.4 Å². The van der Waals surface area contributed by atoms with Crippen LogP contribution in [0.4, 0.5) is 0 Å². The molecule has 1 aromatic rings. The fraction of sp³-hybridized carbons (Fsp3) is 0.667. The highest BCUT2D eigenvalue weighted by Gasteiger charge is 2.09. The molecule has 1 aliphatic rings. The summed E-state index contributed by atoms with van der Waals surface area (Å²) in [6.07, 6.45) is 3.15. The van der Waals surface area contributed by atoms with Gasteiger partial charge >= 0.3 is 0 Å². The molecule has 0 atom stereocenters. The van der Waals surface area contributed by atoms with E-state index in [2.05, 4.69) is 15.5 Å². The molecule has 0 saturated carbocycles. The van der Waals surface area contributed by atoms with Gasteiger partial charge in [0, 0.05) is 39.1 Å². The molecule has 7 heteroatoms. The average molecular weight is 364 g/mol. The number of carbonyl (C=O) groups is 1. The second kappa shape index (κ2) is 9.73. The molecule has 1 saturated heterocycles. The number of amides is 1. The Hall–Kier alpha value is -0.330. The van der Waals surface area contributed by atoms with E-state index in [4.69, 9.17) is 23.2 Å². The van der Waals surface area contributed by atoms with Crippen LogP contribution in [-0.4, -0.2) is 50.1 Å². The minimum atomic E-state index is 0.123. The van der Waals surface area contributed by atoms with Gasteiger partial charge in [-0.2, -0.15) is 0 Å². The number of thiophene rings is 1. The Bertz CT molecular complexity index is 475. The maximum atomic E-state index is 11.8. The topological polar surface area (TPSA) is 44.4 Å². The molecule has 4 nitrogen and oxygen atoms in total. The monoisotopic (exact) mass is 363 g/mol. The Morgan fingerprint density at radius 2 is 2.09 bits per heavy atom. The second-order valence-electron chi connectivity index (χ2n) is 5.50. The first kappa shape index (κ1) is 18.0. The molecule has 2 N–H and O–H groups in total. The lowest BCUT2D eigenvalue weighted by Crippen LogP contribution is -2.44. The first-order valence-corrected chi connectivity index (χ1v) is 9.36. The Morgan fingerprint density at radius 1 is 1.32 bits per heavy atom. The highest BCUT2D eigenvalue weighted by Crippen LogP contribution is 2.31. The lowest BCUT2D eigenvalue weighted by molar-refractivity contribution is -0.121. The van der Waals surface area contributed by atoms with Crippen molar-refractivity contribution in [3.8, 4) is 0 Å². The number of rotatable bonds is 8. The number of hydrogen-bond acceptors (Lipinski definition) is 4. The van der Waals surface area contributed by atoms with Crippen molar-refractivity contribution in [2.75, 3.05) is 39.3 Å². The van der Waals surface area contributed by atoms with Crippen LogP contribution in [0.15, 0.2) is 6.07 Å². The van der Waals surface area contributed by atoms with E-state index in [1.54, 1.807) is 0 Å². The maximum Gasteiger partial charge on any atom is 0.220 e. The van der Waals surface area contributed by atoms with Crippen LogP contribution in [0.5, 0.6) is 0 Å². The van der Waals surface area contributed by atoms with E-state index in [9.17, 15) is 4.79 Å². The SMILES string of the molecule is O=C(CCCc1cc(Cl)sc1Cl)NCCCN1CCNCC1. The summed E-state index contributed by atoms with van der Waals surface area (Å²) in [5.74, 6) is 0.123. The number of nitrogens with one attached hydrogen (secondary N) is 2. The van der Waals surface area contributed by atoms with E-state index in [1.165, 1.54) is 11.3 Å². The molecular weight excluding hydrogens is 341 g/mol. The summed E-state index contributed by atoms with van der Waals surface area (Å²) in [4.78, 5) is 14.2. The Labute approximate surface area is 146 Å². The van der Waals surface area contributed by atoms with E-state index in [-0.39, 0.29) is 5.91 Å². The summed E-state index contributed by atoms with van der Waals surface area (Å²) in [5.41, 5.74) is 1.04. The zero-order chi connectivity index (χ0) is 15.8. The molecule has 1 aromatic heterocycles. The van der Waals surface area contributed by atoms with Crippen LogP contribution >= 0.6 is 34.5 Å². The molecule has 0 radical (unpaired) electrons. The lowest BCUT2D eigenvalue weighted by Gasteiger charge is -2.27. The largest absolute Gasteiger partial charge is 0.356 e. The fourth-order valence-corrected chi connectivity index (χ4v) is 4.08. The first-order valence-electron chi connectivity index (χ1n) is 7.78. The van der Waals surface area contributed by atoms with Gasteiger partial charge in [-0.3, -0.25) is 4.79 Å². The third-order valence-electron chi connectivity index (χ3n) is 3.76. The average Bonchev–Trinajstić information content (AvgIpc) is 2.83. The van der Waals surface area contributed by atoms with Gasteiger partial charge in [-0.25, -0.2) is 0 Å². The molecule has 1 fully saturated rings. The third-order valence-corrected chi connectivity index (χ3v) is 5.33. The number of halogens is 2. The van der Waals surface area contributed by atoms with Gasteiger partial charge in [0.15, 0.2) is 0 Å². The summed E-state index contributed by atoms with van der Waals surface area (Å²) in [6.45, 7) is 6.18. The minimum absolute atomic E-state index is 0.123. The predicted molar refractivity (Wildman–Crippen MR) is 94.2 cm³/mol. The Kier molecular flexibility index (Phi) is 7.97. The van der Waals surface area contributed by atoms with Gasteiger partial charge in [0.05, 0.1) is 8.67 Å². The van der Waals surface area contributed by atoms with Crippen LogP contribution in [0.3, 0.4) is 0 Å². The molecule has 0 aliphatic carbocycles. The van der Waals surface area contributed by atoms with E-state index < -0.39 is 0 Å². The van der Waals surface area contributed by atoms with Crippen LogP contribution in [0.25, 0.3) is 0 Å². The molecule has 2 rings (SSSR count). The zero-order valence-corrected chi connectivity index (χ0v) is 15.0. The normalized spacial score (nSPS) is 15.9. The number of hydrogen-bond donors (Lipinski definition) is 2. The highest BCUT2D eigenvalue weighted by atomic mass is 35.5. The summed E-state index contributed by atoms with van der Waals surface area (Å²) >= 11 is 13.3. The van der Waals surface area contributed by atoms with Crippen molar-refractivity contribution in [2.45, 2.75) is 25.7 Å². The van der Waals surface area contributed by atoms with Crippen LogP contribution in [0.1, 0.15) is 24.8 Å². The maximum absolute atomic E-state index is 11.8. The van der Waals surface area contributed by atoms with Gasteiger partial charge in [-0.05, 0) is 37.4 Å². The van der Waals surface area contributed by atoms with Crippen molar-refractivity contribution in [1.29, 1.82) is 0 Å². The van der Waals surface area contributed by atoms with E-state index in [0.29, 0.717) is 10.8 Å². The molecule has 0 bridgehead atoms. The smallest absolute Gasteiger partial charge is 0.220 e. The lowest BCUT2D eigenvalue weighted by atomic mass is 10.1. The summed E-state index contributed by atoms with van der Waals surface area (Å²) in [5, 5.41) is 6.33. The molecular formula is C15H23Cl2N3OS. The number of nitrogens with zero attached hydrogens (tertiary/aromatic N) is 1. The van der Waals surface area contributed by atoms with Gasteiger partial charge in [0.1, 0.15) is 0 Å². The fourth-order valence-electron chi connectivity index (χ4n) is 2.54. The van der Waals surface area contributed by atoms with Crippen LogP contribution < -0.4 is 10.6 Å². The number of piperazine rings is 1. The van der Waals surface area contributed by atoms with Crippen LogP contribution in [-0.2, 0) is 11.2 Å². The van der Waals surface area contributed by atoms with Crippen LogP contribution in [0.2, 0.25) is 8.67 Å². The second-order valence-corrected chi connectivity index (χ2v) is 7.78. The van der Waals surface area contributed by atoms with Gasteiger partial charge in [-0.15, -0.1) is 11.3 Å². The third kappa shape index (κ3) is 6.42. The van der Waals surface area contributed by atoms with Crippen molar-refractivity contribution in [2.24, 2.45) is 0 Å². The van der Waals surface area contributed by atoms with Crippen LogP contribution in [0, 0.1) is 0 Å². The molecule has 124 valence electrons. The summed E-state index contributed by atoms with van der Waals surface area (Å²) in [6, 6.07) is 1.89. The minimum Gasteiger partial charge on any atom is -0.356 e. The zero-order valence-electron chi connectivity index (χ0n) is 12.7. The van der Waals surface area contributed by atoms with Crippen molar-refractivity contribution in [1.82, 2.24) is 15.5 Å². The molecule has 0 unspecified atom stereocenters. The van der Waals surface area contributed by atoms with Gasteiger partial charge in [0.2, 0.25) is 5.91 Å². The standard InChI is InChI=1S/C15H23Cl2N3OS/c16-13-11-12(15(17)22-13)3-1-4-14(21)19-5-2-8-20-9-6-18-7-10-20/h11,18H,1-10H2,(H,19,21). The number of aryl methyl sites for hydroxylation is 1. The predicted octanol–water partition coefficient (Wildman–Crippen LogP) is 2.79. The Morgan fingerprint density at radius 3 is 2.77 bits per heavy atom. The highest BCUT2D eigenvalue weighted by molar-refractivity contribution is 7.20. The van der Waals surface area contributed by atoms with Crippen molar-refractivity contribution in [3.05, 3.63) is 20.3 Å². The molecule has 0 aromatic carbocycles. The molecule has 0 spiro atoms. The van der Waals surface area contributed by atoms with Gasteiger partial charge in [-0.1, -0.05) is 23.2 Å². The van der Waals surface area contributed by atoms with Crippen molar-refractivity contribution < 1.29 is 4.79 Å². The molecule has 22 heavy (non-hydrogen) atoms. The molecule has 1 amide bonds. The number of carbonyl (C=O) groups excluding carboxylic acids is 1. The molecule has 2 heterocycles. The van der Waals surface area contributed by atoms with E-state index in [1.807, 2.05) is 6.07 Å². The van der Waals surface area contributed by atoms with Crippen molar-refractivity contribution >= 4 is 40.4 Å².